The second-order valence-corrected chi connectivity index (χ2v) is 12.9. The highest BCUT2D eigenvalue weighted by Gasteiger charge is 2.34. The molecule has 0 atom stereocenters. The maximum Gasteiger partial charge on any atom is 0.332 e. The normalized spacial score (nSPS) is 14.1. The van der Waals surface area contributed by atoms with Crippen LogP contribution in [-0.2, 0) is 25.4 Å². The summed E-state index contributed by atoms with van der Waals surface area (Å²) in [5.41, 5.74) is 2.21. The third kappa shape index (κ3) is 5.62. The van der Waals surface area contributed by atoms with Gasteiger partial charge >= 0.3 is 11.7 Å². The number of aryl methyl sites for hydroxylation is 2. The van der Waals surface area contributed by atoms with Crippen molar-refractivity contribution < 1.29 is 14.3 Å². The summed E-state index contributed by atoms with van der Waals surface area (Å²) in [5.74, 6) is 0.408. The van der Waals surface area contributed by atoms with Gasteiger partial charge in [-0.2, -0.15) is 4.98 Å². The molecule has 5 aromatic rings. The molecule has 0 radical (unpaired) electrons. The number of para-hydroxylation sites is 1. The monoisotopic (exact) mass is 693 g/mol. The number of hydrogen-bond acceptors (Lipinski definition) is 8. The zero-order valence-corrected chi connectivity index (χ0v) is 28.1. The van der Waals surface area contributed by atoms with E-state index in [2.05, 4.69) is 4.98 Å². The van der Waals surface area contributed by atoms with E-state index in [1.54, 1.807) is 47.0 Å². The van der Waals surface area contributed by atoms with E-state index in [1.807, 2.05) is 31.2 Å². The second kappa shape index (κ2) is 12.4. The van der Waals surface area contributed by atoms with Crippen molar-refractivity contribution in [2.45, 2.75) is 13.5 Å². The highest BCUT2D eigenvalue weighted by molar-refractivity contribution is 8.27. The Morgan fingerprint density at radius 2 is 1.74 bits per heavy atom. The van der Waals surface area contributed by atoms with Crippen LogP contribution >= 0.6 is 47.2 Å². The van der Waals surface area contributed by atoms with Crippen LogP contribution in [0.3, 0.4) is 0 Å². The number of amides is 1. The van der Waals surface area contributed by atoms with Crippen LogP contribution in [-0.4, -0.2) is 36.0 Å². The van der Waals surface area contributed by atoms with Gasteiger partial charge in [-0.3, -0.25) is 28.2 Å². The number of benzene rings is 3. The molecule has 2 aromatic heterocycles. The van der Waals surface area contributed by atoms with Gasteiger partial charge in [-0.25, -0.2) is 4.79 Å². The molecule has 0 unspecified atom stereocenters. The average molecular weight is 695 g/mol. The lowest BCUT2D eigenvalue weighted by molar-refractivity contribution is -0.113. The number of methoxy groups -OCH3 is 1. The summed E-state index contributed by atoms with van der Waals surface area (Å²) in [6.45, 7) is 2.02. The Balaban J connectivity index is 1.39. The number of anilines is 1. The molecule has 6 rings (SSSR count). The van der Waals surface area contributed by atoms with E-state index < -0.39 is 11.2 Å². The molecule has 10 nitrogen and oxygen atoms in total. The van der Waals surface area contributed by atoms with Crippen molar-refractivity contribution in [3.63, 3.8) is 0 Å². The van der Waals surface area contributed by atoms with E-state index in [4.69, 9.17) is 44.9 Å². The number of thioether (sulfide) groups is 1. The van der Waals surface area contributed by atoms with E-state index in [9.17, 15) is 14.4 Å². The van der Waals surface area contributed by atoms with Crippen molar-refractivity contribution in [3.8, 4) is 17.5 Å². The molecule has 0 bridgehead atoms. The Labute approximate surface area is 282 Å². The Kier molecular flexibility index (Phi) is 8.55. The smallest absolute Gasteiger partial charge is 0.332 e. The number of carbonyl (C=O) groups is 1. The summed E-state index contributed by atoms with van der Waals surface area (Å²) < 4.78 is 16.2. The fourth-order valence-corrected chi connectivity index (χ4v) is 6.82. The van der Waals surface area contributed by atoms with Gasteiger partial charge in [0.05, 0.1) is 24.2 Å². The molecule has 0 aliphatic carbocycles. The minimum absolute atomic E-state index is 0.0319. The lowest BCUT2D eigenvalue weighted by Gasteiger charge is -2.16. The Morgan fingerprint density at radius 3 is 2.46 bits per heavy atom. The molecule has 3 heterocycles. The van der Waals surface area contributed by atoms with Crippen LogP contribution in [0.5, 0.6) is 17.5 Å². The van der Waals surface area contributed by atoms with Gasteiger partial charge in [-0.1, -0.05) is 77.5 Å². The first-order chi connectivity index (χ1) is 22.0. The maximum atomic E-state index is 13.4. The zero-order chi connectivity index (χ0) is 32.9. The summed E-state index contributed by atoms with van der Waals surface area (Å²) >= 11 is 19.4. The summed E-state index contributed by atoms with van der Waals surface area (Å²) in [6.07, 6.45) is 1.74. The van der Waals surface area contributed by atoms with Crippen molar-refractivity contribution >= 4 is 80.3 Å². The lowest BCUT2D eigenvalue weighted by atomic mass is 10.1. The number of imidazole rings is 1. The van der Waals surface area contributed by atoms with Crippen molar-refractivity contribution in [1.82, 2.24) is 18.7 Å². The Morgan fingerprint density at radius 1 is 0.978 bits per heavy atom. The largest absolute Gasteiger partial charge is 0.493 e. The minimum Gasteiger partial charge on any atom is -0.493 e. The molecule has 1 saturated heterocycles. The molecular weight excluding hydrogens is 669 g/mol. The van der Waals surface area contributed by atoms with Gasteiger partial charge in [0.25, 0.3) is 11.5 Å². The number of halogens is 2. The van der Waals surface area contributed by atoms with Gasteiger partial charge in [0, 0.05) is 24.1 Å². The van der Waals surface area contributed by atoms with Crippen LogP contribution in [0.15, 0.2) is 75.2 Å². The summed E-state index contributed by atoms with van der Waals surface area (Å²) in [6, 6.07) is 17.8. The van der Waals surface area contributed by atoms with E-state index in [-0.39, 0.29) is 35.4 Å². The van der Waals surface area contributed by atoms with Crippen LogP contribution in [0.4, 0.5) is 5.69 Å². The van der Waals surface area contributed by atoms with E-state index in [0.29, 0.717) is 36.1 Å². The van der Waals surface area contributed by atoms with Crippen molar-refractivity contribution in [1.29, 1.82) is 0 Å². The van der Waals surface area contributed by atoms with Crippen LogP contribution in [0.2, 0.25) is 10.0 Å². The first kappa shape index (κ1) is 31.6. The van der Waals surface area contributed by atoms with Gasteiger partial charge in [0.1, 0.15) is 0 Å². The quantitative estimate of drug-likeness (QED) is 0.145. The third-order valence-electron chi connectivity index (χ3n) is 7.49. The first-order valence-electron chi connectivity index (χ1n) is 13.8. The summed E-state index contributed by atoms with van der Waals surface area (Å²) in [4.78, 5) is 46.0. The number of aromatic nitrogens is 4. The standard InChI is InChI=1S/C32H25Cl2N5O5S2/c1-17-7-5-6-8-22(17)39-28(40)25(46-32(39)45)14-18-9-12-23(24(13-18)43-4)44-30-35-27-26(29(41)37(3)31(42)36(27)2)38(30)16-19-10-11-20(33)15-21(19)34/h5-15H,16H2,1-4H3/b25-14-. The molecular formula is C32H25Cl2N5O5S2. The van der Waals surface area contributed by atoms with Crippen molar-refractivity contribution in [2.75, 3.05) is 12.0 Å². The fraction of sp³-hybridized carbons (Fsp3) is 0.156. The van der Waals surface area contributed by atoms with E-state index >= 15 is 0 Å². The van der Waals surface area contributed by atoms with Crippen LogP contribution in [0, 0.1) is 6.92 Å². The van der Waals surface area contributed by atoms with Crippen LogP contribution in [0.25, 0.3) is 17.2 Å². The second-order valence-electron chi connectivity index (χ2n) is 10.4. The predicted molar refractivity (Wildman–Crippen MR) is 186 cm³/mol. The van der Waals surface area contributed by atoms with Crippen LogP contribution < -0.4 is 25.6 Å². The predicted octanol–water partition coefficient (Wildman–Crippen LogP) is 6.30. The van der Waals surface area contributed by atoms with Gasteiger partial charge in [-0.05, 0) is 60.0 Å². The van der Waals surface area contributed by atoms with Crippen molar-refractivity contribution in [3.05, 3.63) is 113 Å². The molecule has 1 fully saturated rings. The summed E-state index contributed by atoms with van der Waals surface area (Å²) in [5, 5.41) is 0.845. The molecule has 14 heteroatoms. The number of fused-ring (bicyclic) bond motifs is 1. The van der Waals surface area contributed by atoms with E-state index in [1.165, 1.54) is 42.4 Å². The average Bonchev–Trinajstić information content (AvgIpc) is 3.52. The topological polar surface area (TPSA) is 101 Å². The molecule has 3 aromatic carbocycles. The van der Waals surface area contributed by atoms with Crippen molar-refractivity contribution in [2.24, 2.45) is 14.1 Å². The Bertz CT molecular complexity index is 2240. The number of rotatable bonds is 7. The summed E-state index contributed by atoms with van der Waals surface area (Å²) in [7, 11) is 4.41. The Hall–Kier alpha value is -4.36. The van der Waals surface area contributed by atoms with Gasteiger partial charge in [0.2, 0.25) is 0 Å². The molecule has 1 amide bonds. The molecule has 1 aliphatic heterocycles. The maximum absolute atomic E-state index is 13.4. The molecule has 234 valence electrons. The molecule has 46 heavy (non-hydrogen) atoms. The van der Waals surface area contributed by atoms with Gasteiger partial charge < -0.3 is 9.47 Å². The van der Waals surface area contributed by atoms with Crippen LogP contribution in [0.1, 0.15) is 16.7 Å². The fourth-order valence-electron chi connectivity index (χ4n) is 5.07. The zero-order valence-electron chi connectivity index (χ0n) is 24.9. The van der Waals surface area contributed by atoms with Gasteiger partial charge in [-0.15, -0.1) is 0 Å². The lowest BCUT2D eigenvalue weighted by Crippen LogP contribution is -2.37. The minimum atomic E-state index is -0.546. The number of ether oxygens (including phenoxy) is 2. The molecule has 1 aliphatic rings. The van der Waals surface area contributed by atoms with E-state index in [0.717, 1.165) is 15.8 Å². The number of hydrogen-bond donors (Lipinski definition) is 0. The highest BCUT2D eigenvalue weighted by Crippen LogP contribution is 2.39. The molecule has 0 saturated carbocycles. The SMILES string of the molecule is COc1cc(/C=C2\SC(=S)N(c3ccccc3C)C2=O)ccc1Oc1nc2c(c(=O)n(C)c(=O)n2C)n1Cc1ccc(Cl)cc1Cl. The van der Waals surface area contributed by atoms with Gasteiger partial charge in [0.15, 0.2) is 27.0 Å². The first-order valence-corrected chi connectivity index (χ1v) is 15.8. The molecule has 0 spiro atoms. The highest BCUT2D eigenvalue weighted by atomic mass is 35.5. The number of nitrogens with zero attached hydrogens (tertiary/aromatic N) is 5. The third-order valence-corrected chi connectivity index (χ3v) is 9.38. The number of thiocarbonyl (C=S) groups is 1. The molecule has 0 N–H and O–H groups in total. The number of carbonyl (C=O) groups excluding carboxylic acids is 1.